The molecule has 1 aromatic rings. The van der Waals surface area contributed by atoms with Gasteiger partial charge in [-0.25, -0.2) is 0 Å². The predicted molar refractivity (Wildman–Crippen MR) is 50.6 cm³/mol. The van der Waals surface area contributed by atoms with Gasteiger partial charge in [-0.2, -0.15) is 5.26 Å². The summed E-state index contributed by atoms with van der Waals surface area (Å²) in [6, 6.07) is 3.47. The first-order valence-electron chi connectivity index (χ1n) is 4.37. The summed E-state index contributed by atoms with van der Waals surface area (Å²) in [5.74, 6) is 0.394. The molecule has 0 radical (unpaired) electrons. The smallest absolute Gasteiger partial charge is 0.255 e. The summed E-state index contributed by atoms with van der Waals surface area (Å²) in [6.07, 6.45) is 1.78. The lowest BCUT2D eigenvalue weighted by Crippen LogP contribution is -2.32. The van der Waals surface area contributed by atoms with Crippen LogP contribution in [0.5, 0.6) is 0 Å². The first-order valence-corrected chi connectivity index (χ1v) is 4.37. The van der Waals surface area contributed by atoms with E-state index in [0.29, 0.717) is 17.7 Å². The van der Waals surface area contributed by atoms with Gasteiger partial charge in [0.25, 0.3) is 5.91 Å². The van der Waals surface area contributed by atoms with Gasteiger partial charge in [0.1, 0.15) is 5.76 Å². The van der Waals surface area contributed by atoms with E-state index in [1.165, 1.54) is 6.26 Å². The van der Waals surface area contributed by atoms with E-state index in [1.807, 2.05) is 6.07 Å². The first-order chi connectivity index (χ1) is 6.65. The van der Waals surface area contributed by atoms with Crippen LogP contribution < -0.4 is 5.32 Å². The molecule has 0 saturated heterocycles. The van der Waals surface area contributed by atoms with Crippen molar-refractivity contribution in [2.75, 3.05) is 0 Å². The molecule has 4 nitrogen and oxygen atoms in total. The number of nitrogens with zero attached hydrogens (tertiary/aromatic N) is 1. The number of nitriles is 1. The molecule has 0 saturated carbocycles. The standard InChI is InChI=1S/C10H12N2O2/c1-7(3-5-11)12-10(13)9-4-6-14-8(9)2/h4,6-7H,3H2,1-2H3,(H,12,13). The van der Waals surface area contributed by atoms with Crippen LogP contribution in [0, 0.1) is 18.3 Å². The number of nitrogens with one attached hydrogen (secondary N) is 1. The van der Waals surface area contributed by atoms with Crippen molar-refractivity contribution in [2.24, 2.45) is 0 Å². The van der Waals surface area contributed by atoms with Gasteiger partial charge in [0.15, 0.2) is 0 Å². The summed E-state index contributed by atoms with van der Waals surface area (Å²) in [7, 11) is 0. The number of hydrogen-bond acceptors (Lipinski definition) is 3. The molecule has 1 atom stereocenters. The van der Waals surface area contributed by atoms with Gasteiger partial charge in [-0.15, -0.1) is 0 Å². The molecule has 1 amide bonds. The number of amides is 1. The van der Waals surface area contributed by atoms with Crippen molar-refractivity contribution in [3.63, 3.8) is 0 Å². The minimum atomic E-state index is -0.195. The SMILES string of the molecule is Cc1occc1C(=O)NC(C)CC#N. The molecule has 1 N–H and O–H groups in total. The molecule has 0 spiro atoms. The normalized spacial score (nSPS) is 11.8. The lowest BCUT2D eigenvalue weighted by Gasteiger charge is -2.08. The van der Waals surface area contributed by atoms with Crippen molar-refractivity contribution in [1.29, 1.82) is 5.26 Å². The fourth-order valence-corrected chi connectivity index (χ4v) is 1.11. The monoisotopic (exact) mass is 192 g/mol. The van der Waals surface area contributed by atoms with Crippen LogP contribution in [-0.4, -0.2) is 11.9 Å². The van der Waals surface area contributed by atoms with Crippen LogP contribution in [0.4, 0.5) is 0 Å². The topological polar surface area (TPSA) is 66.0 Å². The highest BCUT2D eigenvalue weighted by Gasteiger charge is 2.13. The Labute approximate surface area is 82.5 Å². The number of carbonyl (C=O) groups is 1. The molecule has 0 bridgehead atoms. The fraction of sp³-hybridized carbons (Fsp3) is 0.400. The van der Waals surface area contributed by atoms with Crippen molar-refractivity contribution in [3.8, 4) is 6.07 Å². The van der Waals surface area contributed by atoms with Gasteiger partial charge in [-0.1, -0.05) is 0 Å². The Kier molecular flexibility index (Phi) is 3.29. The molecule has 1 aromatic heterocycles. The van der Waals surface area contributed by atoms with E-state index in [4.69, 9.17) is 9.68 Å². The van der Waals surface area contributed by atoms with Gasteiger partial charge in [0, 0.05) is 6.04 Å². The lowest BCUT2D eigenvalue weighted by atomic mass is 10.2. The van der Waals surface area contributed by atoms with Crippen LogP contribution in [0.2, 0.25) is 0 Å². The van der Waals surface area contributed by atoms with Crippen molar-refractivity contribution >= 4 is 5.91 Å². The highest BCUT2D eigenvalue weighted by atomic mass is 16.3. The lowest BCUT2D eigenvalue weighted by molar-refractivity contribution is 0.0939. The zero-order chi connectivity index (χ0) is 10.6. The van der Waals surface area contributed by atoms with Crippen molar-refractivity contribution < 1.29 is 9.21 Å². The molecule has 0 aliphatic carbocycles. The van der Waals surface area contributed by atoms with Crippen LogP contribution in [0.1, 0.15) is 29.5 Å². The molecule has 1 unspecified atom stereocenters. The van der Waals surface area contributed by atoms with Crippen LogP contribution in [0.25, 0.3) is 0 Å². The van der Waals surface area contributed by atoms with E-state index in [1.54, 1.807) is 19.9 Å². The highest BCUT2D eigenvalue weighted by Crippen LogP contribution is 2.08. The third-order valence-electron chi connectivity index (χ3n) is 1.88. The number of furan rings is 1. The number of rotatable bonds is 3. The molecule has 4 heteroatoms. The second kappa shape index (κ2) is 4.47. The molecule has 0 fully saturated rings. The van der Waals surface area contributed by atoms with E-state index in [-0.39, 0.29) is 11.9 Å². The van der Waals surface area contributed by atoms with Crippen LogP contribution in [0.15, 0.2) is 16.7 Å². The summed E-state index contributed by atoms with van der Waals surface area (Å²) < 4.78 is 5.00. The maximum Gasteiger partial charge on any atom is 0.255 e. The van der Waals surface area contributed by atoms with Gasteiger partial charge in [-0.05, 0) is 19.9 Å². The number of hydrogen-bond donors (Lipinski definition) is 1. The molecule has 1 heterocycles. The van der Waals surface area contributed by atoms with E-state index in [9.17, 15) is 4.79 Å². The Morgan fingerprint density at radius 1 is 1.79 bits per heavy atom. The van der Waals surface area contributed by atoms with Crippen LogP contribution in [0.3, 0.4) is 0 Å². The Hall–Kier alpha value is -1.76. The average Bonchev–Trinajstić information content (AvgIpc) is 2.51. The van der Waals surface area contributed by atoms with E-state index < -0.39 is 0 Å². The van der Waals surface area contributed by atoms with E-state index in [2.05, 4.69) is 5.32 Å². The van der Waals surface area contributed by atoms with E-state index in [0.717, 1.165) is 0 Å². The third kappa shape index (κ3) is 2.36. The molecule has 1 rings (SSSR count). The quantitative estimate of drug-likeness (QED) is 0.791. The highest BCUT2D eigenvalue weighted by molar-refractivity contribution is 5.95. The van der Waals surface area contributed by atoms with Crippen molar-refractivity contribution in [1.82, 2.24) is 5.32 Å². The Bertz CT molecular complexity index is 362. The maximum absolute atomic E-state index is 11.5. The minimum Gasteiger partial charge on any atom is -0.469 e. The molecule has 0 aliphatic rings. The van der Waals surface area contributed by atoms with E-state index >= 15 is 0 Å². The Morgan fingerprint density at radius 2 is 2.50 bits per heavy atom. The van der Waals surface area contributed by atoms with Gasteiger partial charge >= 0.3 is 0 Å². The van der Waals surface area contributed by atoms with Crippen LogP contribution in [-0.2, 0) is 0 Å². The summed E-state index contributed by atoms with van der Waals surface area (Å²) in [5.41, 5.74) is 0.523. The molecule has 74 valence electrons. The van der Waals surface area contributed by atoms with Crippen molar-refractivity contribution in [2.45, 2.75) is 26.3 Å². The van der Waals surface area contributed by atoms with Gasteiger partial charge < -0.3 is 9.73 Å². The van der Waals surface area contributed by atoms with Gasteiger partial charge in [-0.3, -0.25) is 4.79 Å². The second-order valence-electron chi connectivity index (χ2n) is 3.13. The zero-order valence-corrected chi connectivity index (χ0v) is 8.20. The summed E-state index contributed by atoms with van der Waals surface area (Å²) in [5, 5.41) is 11.1. The maximum atomic E-state index is 11.5. The Morgan fingerprint density at radius 3 is 3.00 bits per heavy atom. The Balaban J connectivity index is 2.60. The van der Waals surface area contributed by atoms with Crippen molar-refractivity contribution in [3.05, 3.63) is 23.7 Å². The third-order valence-corrected chi connectivity index (χ3v) is 1.88. The number of aryl methyl sites for hydroxylation is 1. The molecular weight excluding hydrogens is 180 g/mol. The zero-order valence-electron chi connectivity index (χ0n) is 8.20. The summed E-state index contributed by atoms with van der Waals surface area (Å²) in [4.78, 5) is 11.5. The predicted octanol–water partition coefficient (Wildman–Crippen LogP) is 1.62. The number of carbonyl (C=O) groups excluding carboxylic acids is 1. The summed E-state index contributed by atoms with van der Waals surface area (Å²) >= 11 is 0. The molecule has 0 aliphatic heterocycles. The van der Waals surface area contributed by atoms with Gasteiger partial charge in [0.05, 0.1) is 24.3 Å². The molecule has 0 aromatic carbocycles. The minimum absolute atomic E-state index is 0.137. The second-order valence-corrected chi connectivity index (χ2v) is 3.13. The fourth-order valence-electron chi connectivity index (χ4n) is 1.11. The largest absolute Gasteiger partial charge is 0.469 e. The van der Waals surface area contributed by atoms with Gasteiger partial charge in [0.2, 0.25) is 0 Å². The molecular formula is C10H12N2O2. The first kappa shape index (κ1) is 10.3. The molecule has 14 heavy (non-hydrogen) atoms. The summed E-state index contributed by atoms with van der Waals surface area (Å²) in [6.45, 7) is 3.51. The van der Waals surface area contributed by atoms with Crippen LogP contribution >= 0.6 is 0 Å². The average molecular weight is 192 g/mol.